The molecule has 20 heavy (non-hydrogen) atoms. The number of rotatable bonds is 6. The maximum Gasteiger partial charge on any atom is 0.219 e. The van der Waals surface area contributed by atoms with E-state index >= 15 is 0 Å². The zero-order chi connectivity index (χ0) is 14.8. The van der Waals surface area contributed by atoms with E-state index in [1.807, 2.05) is 19.1 Å². The molecule has 1 aliphatic carbocycles. The highest BCUT2D eigenvalue weighted by Gasteiger charge is 2.57. The molecule has 0 radical (unpaired) electrons. The molecular formula is C17H25NO2. The van der Waals surface area contributed by atoms with Gasteiger partial charge in [-0.3, -0.25) is 4.79 Å². The molecule has 1 saturated carbocycles. The summed E-state index contributed by atoms with van der Waals surface area (Å²) in [7, 11) is 1.69. The van der Waals surface area contributed by atoms with Gasteiger partial charge in [0.2, 0.25) is 5.91 Å². The first kappa shape index (κ1) is 14.9. The van der Waals surface area contributed by atoms with E-state index < -0.39 is 0 Å². The average Bonchev–Trinajstić information content (AvgIpc) is 2.98. The molecule has 2 rings (SSSR count). The lowest BCUT2D eigenvalue weighted by Crippen LogP contribution is -2.26. The van der Waals surface area contributed by atoms with Crippen LogP contribution in [0.5, 0.6) is 5.75 Å². The van der Waals surface area contributed by atoms with Crippen molar-refractivity contribution in [2.45, 2.75) is 39.5 Å². The first-order chi connectivity index (χ1) is 9.50. The monoisotopic (exact) mass is 275 g/mol. The molecule has 1 amide bonds. The molecular weight excluding hydrogens is 250 g/mol. The van der Waals surface area contributed by atoms with Crippen molar-refractivity contribution >= 4 is 5.91 Å². The van der Waals surface area contributed by atoms with E-state index in [-0.39, 0.29) is 11.3 Å². The first-order valence-electron chi connectivity index (χ1n) is 7.41. The van der Waals surface area contributed by atoms with Gasteiger partial charge in [-0.15, -0.1) is 0 Å². The second-order valence-electron chi connectivity index (χ2n) is 6.24. The first-order valence-corrected chi connectivity index (χ1v) is 7.41. The van der Waals surface area contributed by atoms with Gasteiger partial charge in [0.25, 0.3) is 0 Å². The predicted octanol–water partition coefficient (Wildman–Crippen LogP) is 3.35. The molecule has 110 valence electrons. The molecule has 1 aliphatic rings. The Hall–Kier alpha value is -1.51. The summed E-state index contributed by atoms with van der Waals surface area (Å²) >= 11 is 0. The fourth-order valence-electron chi connectivity index (χ4n) is 3.16. The molecule has 3 nitrogen and oxygen atoms in total. The van der Waals surface area contributed by atoms with E-state index in [9.17, 15) is 4.79 Å². The van der Waals surface area contributed by atoms with Gasteiger partial charge >= 0.3 is 0 Å². The highest BCUT2D eigenvalue weighted by Crippen LogP contribution is 2.64. The Bertz CT molecular complexity index is 482. The zero-order valence-corrected chi connectivity index (χ0v) is 12.9. The summed E-state index contributed by atoms with van der Waals surface area (Å²) in [6, 6.07) is 8.27. The lowest BCUT2D eigenvalue weighted by molar-refractivity contribution is -0.121. The molecule has 0 saturated heterocycles. The van der Waals surface area contributed by atoms with Crippen LogP contribution in [0.3, 0.4) is 0 Å². The van der Waals surface area contributed by atoms with E-state index in [2.05, 4.69) is 31.3 Å². The summed E-state index contributed by atoms with van der Waals surface area (Å²) in [6.45, 7) is 7.34. The Labute approximate surface area is 121 Å². The third-order valence-electron chi connectivity index (χ3n) is 4.50. The summed E-state index contributed by atoms with van der Waals surface area (Å²) in [5.74, 6) is 2.08. The minimum atomic E-state index is 0.166. The van der Waals surface area contributed by atoms with E-state index in [0.717, 1.165) is 18.7 Å². The average molecular weight is 275 g/mol. The number of amides is 1. The van der Waals surface area contributed by atoms with Crippen LogP contribution in [0.25, 0.3) is 0 Å². The number of nitrogens with one attached hydrogen (secondary N) is 1. The molecule has 1 N–H and O–H groups in total. The summed E-state index contributed by atoms with van der Waals surface area (Å²) in [4.78, 5) is 11.6. The van der Waals surface area contributed by atoms with Crippen LogP contribution in [0.15, 0.2) is 24.3 Å². The SMILES string of the molecule is CCCC(=O)NC[C@@H]1[C@@H](c2cccc(OC)c2)C1(C)C. The molecule has 2 atom stereocenters. The minimum Gasteiger partial charge on any atom is -0.497 e. The molecule has 0 bridgehead atoms. The molecule has 0 spiro atoms. The number of benzene rings is 1. The second kappa shape index (κ2) is 5.86. The maximum absolute atomic E-state index is 11.6. The fraction of sp³-hybridized carbons (Fsp3) is 0.588. The number of carbonyl (C=O) groups is 1. The lowest BCUT2D eigenvalue weighted by Gasteiger charge is -2.05. The molecule has 1 aromatic carbocycles. The normalized spacial score (nSPS) is 23.2. The topological polar surface area (TPSA) is 38.3 Å². The van der Waals surface area contributed by atoms with Crippen LogP contribution < -0.4 is 10.1 Å². The van der Waals surface area contributed by atoms with Crippen LogP contribution in [0.4, 0.5) is 0 Å². The predicted molar refractivity (Wildman–Crippen MR) is 80.9 cm³/mol. The van der Waals surface area contributed by atoms with E-state index in [1.54, 1.807) is 7.11 Å². The van der Waals surface area contributed by atoms with Crippen molar-refractivity contribution in [2.75, 3.05) is 13.7 Å². The third-order valence-corrected chi connectivity index (χ3v) is 4.50. The number of carbonyl (C=O) groups excluding carboxylic acids is 1. The van der Waals surface area contributed by atoms with Crippen molar-refractivity contribution in [3.63, 3.8) is 0 Å². The lowest BCUT2D eigenvalue weighted by atomic mass is 10.0. The van der Waals surface area contributed by atoms with Crippen molar-refractivity contribution in [3.8, 4) is 5.75 Å². The quantitative estimate of drug-likeness (QED) is 0.864. The Kier molecular flexibility index (Phi) is 4.36. The van der Waals surface area contributed by atoms with Crippen molar-refractivity contribution in [1.29, 1.82) is 0 Å². The van der Waals surface area contributed by atoms with Crippen LogP contribution in [-0.2, 0) is 4.79 Å². The molecule has 0 aromatic heterocycles. The molecule has 0 unspecified atom stereocenters. The van der Waals surface area contributed by atoms with Gasteiger partial charge in [0.05, 0.1) is 7.11 Å². The van der Waals surface area contributed by atoms with Crippen LogP contribution in [-0.4, -0.2) is 19.6 Å². The molecule has 0 aliphatic heterocycles. The molecule has 1 fully saturated rings. The zero-order valence-electron chi connectivity index (χ0n) is 12.9. The summed E-state index contributed by atoms with van der Waals surface area (Å²) in [5.41, 5.74) is 1.55. The number of methoxy groups -OCH3 is 1. The van der Waals surface area contributed by atoms with Crippen LogP contribution >= 0.6 is 0 Å². The Morgan fingerprint density at radius 1 is 1.40 bits per heavy atom. The Balaban J connectivity index is 2.00. The highest BCUT2D eigenvalue weighted by molar-refractivity contribution is 5.75. The van der Waals surface area contributed by atoms with Crippen molar-refractivity contribution in [3.05, 3.63) is 29.8 Å². The van der Waals surface area contributed by atoms with E-state index in [1.165, 1.54) is 5.56 Å². The van der Waals surface area contributed by atoms with Crippen molar-refractivity contribution in [2.24, 2.45) is 11.3 Å². The minimum absolute atomic E-state index is 0.166. The summed E-state index contributed by atoms with van der Waals surface area (Å²) in [6.07, 6.45) is 1.52. The highest BCUT2D eigenvalue weighted by atomic mass is 16.5. The summed E-state index contributed by atoms with van der Waals surface area (Å²) < 4.78 is 5.30. The second-order valence-corrected chi connectivity index (χ2v) is 6.24. The number of hydrogen-bond donors (Lipinski definition) is 1. The van der Waals surface area contributed by atoms with Gasteiger partial charge in [0.1, 0.15) is 5.75 Å². The van der Waals surface area contributed by atoms with Crippen molar-refractivity contribution in [1.82, 2.24) is 5.32 Å². The van der Waals surface area contributed by atoms with E-state index in [4.69, 9.17) is 4.74 Å². The van der Waals surface area contributed by atoms with Crippen LogP contribution in [0.1, 0.15) is 45.1 Å². The van der Waals surface area contributed by atoms with Crippen molar-refractivity contribution < 1.29 is 9.53 Å². The van der Waals surface area contributed by atoms with Crippen LogP contribution in [0.2, 0.25) is 0 Å². The van der Waals surface area contributed by atoms with Gasteiger partial charge < -0.3 is 10.1 Å². The largest absolute Gasteiger partial charge is 0.497 e. The maximum atomic E-state index is 11.6. The van der Waals surface area contributed by atoms with Gasteiger partial charge in [-0.2, -0.15) is 0 Å². The van der Waals surface area contributed by atoms with Gasteiger partial charge in [0, 0.05) is 13.0 Å². The standard InChI is InChI=1S/C17H25NO2/c1-5-7-15(19)18-11-14-16(17(14,2)3)12-8-6-9-13(10-12)20-4/h6,8-10,14,16H,5,7,11H2,1-4H3,(H,18,19)/t14-,16-/m1/s1. The van der Waals surface area contributed by atoms with Gasteiger partial charge in [-0.05, 0) is 41.4 Å². The number of hydrogen-bond acceptors (Lipinski definition) is 2. The Morgan fingerprint density at radius 2 is 2.15 bits per heavy atom. The third kappa shape index (κ3) is 2.97. The Morgan fingerprint density at radius 3 is 2.80 bits per heavy atom. The van der Waals surface area contributed by atoms with Gasteiger partial charge in [-0.25, -0.2) is 0 Å². The van der Waals surface area contributed by atoms with E-state index in [0.29, 0.717) is 18.3 Å². The fourth-order valence-corrected chi connectivity index (χ4v) is 3.16. The molecule has 3 heteroatoms. The van der Waals surface area contributed by atoms with Crippen LogP contribution in [0, 0.1) is 11.3 Å². The smallest absolute Gasteiger partial charge is 0.219 e. The molecule has 1 aromatic rings. The molecule has 0 heterocycles. The van der Waals surface area contributed by atoms with Gasteiger partial charge in [-0.1, -0.05) is 32.9 Å². The summed E-state index contributed by atoms with van der Waals surface area (Å²) in [5, 5.41) is 3.06. The van der Waals surface area contributed by atoms with Gasteiger partial charge in [0.15, 0.2) is 0 Å². The number of ether oxygens (including phenoxy) is 1.